The van der Waals surface area contributed by atoms with Gasteiger partial charge in [0, 0.05) is 0 Å². The van der Waals surface area contributed by atoms with Crippen LogP contribution in [0.4, 0.5) is 57.1 Å². The van der Waals surface area contributed by atoms with Gasteiger partial charge in [0.25, 0.3) is 5.91 Å². The van der Waals surface area contributed by atoms with Crippen LogP contribution < -0.4 is 5.32 Å². The van der Waals surface area contributed by atoms with E-state index in [1.807, 2.05) is 0 Å². The van der Waals surface area contributed by atoms with Crippen LogP contribution in [-0.2, 0) is 11.3 Å². The first-order chi connectivity index (χ1) is 12.2. The lowest BCUT2D eigenvalue weighted by Crippen LogP contribution is -2.71. The predicted octanol–water partition coefficient (Wildman–Crippen LogP) is 4.63. The first kappa shape index (κ1) is 23.9. The van der Waals surface area contributed by atoms with Crippen molar-refractivity contribution >= 4 is 5.91 Å². The Morgan fingerprint density at radius 1 is 0.786 bits per heavy atom. The lowest BCUT2D eigenvalue weighted by molar-refractivity contribution is -0.436. The maximum absolute atomic E-state index is 13.4. The standard InChI is InChI=1S/C12H6F13NO2/c13-7(14,6(27)26-4-5-2-1-3-28-5)8(15,16)9(17,18)10(19,20)11(21,22)12(23,24)25/h1-3H,4H2,(H,26,27). The van der Waals surface area contributed by atoms with Crippen LogP contribution in [0.2, 0.25) is 0 Å². The van der Waals surface area contributed by atoms with Crippen molar-refractivity contribution in [3.8, 4) is 0 Å². The third kappa shape index (κ3) is 3.36. The molecule has 162 valence electrons. The van der Waals surface area contributed by atoms with Gasteiger partial charge in [-0.05, 0) is 12.1 Å². The lowest BCUT2D eigenvalue weighted by Gasteiger charge is -2.39. The first-order valence-corrected chi connectivity index (χ1v) is 6.51. The number of rotatable bonds is 7. The average molecular weight is 443 g/mol. The van der Waals surface area contributed by atoms with Gasteiger partial charge in [0.1, 0.15) is 5.76 Å². The van der Waals surface area contributed by atoms with E-state index < -0.39 is 54.0 Å². The number of carbonyl (C=O) groups is 1. The summed E-state index contributed by atoms with van der Waals surface area (Å²) in [6.07, 6.45) is -6.62. The van der Waals surface area contributed by atoms with E-state index in [2.05, 4.69) is 4.42 Å². The fourth-order valence-corrected chi connectivity index (χ4v) is 1.60. The van der Waals surface area contributed by atoms with Gasteiger partial charge in [0.05, 0.1) is 12.8 Å². The zero-order chi connectivity index (χ0) is 22.4. The molecule has 1 amide bonds. The van der Waals surface area contributed by atoms with Crippen LogP contribution in [0.15, 0.2) is 22.8 Å². The number of hydrogen-bond donors (Lipinski definition) is 1. The van der Waals surface area contributed by atoms with Gasteiger partial charge >= 0.3 is 35.8 Å². The van der Waals surface area contributed by atoms with Crippen molar-refractivity contribution in [2.45, 2.75) is 42.3 Å². The smallest absolute Gasteiger partial charge is 0.460 e. The van der Waals surface area contributed by atoms with Crippen LogP contribution in [0, 0.1) is 0 Å². The van der Waals surface area contributed by atoms with Gasteiger partial charge in [-0.25, -0.2) is 0 Å². The summed E-state index contributed by atoms with van der Waals surface area (Å²) in [6, 6.07) is 2.06. The second-order valence-corrected chi connectivity index (χ2v) is 5.13. The maximum atomic E-state index is 13.4. The summed E-state index contributed by atoms with van der Waals surface area (Å²) < 4.78 is 171. The lowest BCUT2D eigenvalue weighted by atomic mass is 9.93. The highest BCUT2D eigenvalue weighted by Crippen LogP contribution is 2.60. The van der Waals surface area contributed by atoms with Gasteiger partial charge < -0.3 is 9.73 Å². The molecule has 28 heavy (non-hydrogen) atoms. The van der Waals surface area contributed by atoms with Gasteiger partial charge in [0.2, 0.25) is 0 Å². The van der Waals surface area contributed by atoms with E-state index >= 15 is 0 Å². The number of hydrogen-bond acceptors (Lipinski definition) is 2. The molecule has 1 N–H and O–H groups in total. The second-order valence-electron chi connectivity index (χ2n) is 5.13. The van der Waals surface area contributed by atoms with E-state index in [0.717, 1.165) is 23.7 Å². The summed E-state index contributed by atoms with van der Waals surface area (Å²) in [5.74, 6) is -42.2. The number of nitrogens with one attached hydrogen (secondary N) is 1. The molecule has 0 aliphatic carbocycles. The summed E-state index contributed by atoms with van der Waals surface area (Å²) in [5.41, 5.74) is 0. The van der Waals surface area contributed by atoms with Gasteiger partial charge in [0.15, 0.2) is 0 Å². The molecule has 1 rings (SSSR count). The normalized spacial score (nSPS) is 14.9. The number of furan rings is 1. The topological polar surface area (TPSA) is 42.2 Å². The molecule has 3 nitrogen and oxygen atoms in total. The number of alkyl halides is 13. The molecule has 1 aromatic heterocycles. The Morgan fingerprint density at radius 2 is 1.25 bits per heavy atom. The molecular formula is C12H6F13NO2. The molecule has 0 aliphatic heterocycles. The molecule has 0 aliphatic rings. The average Bonchev–Trinajstić information content (AvgIpc) is 3.03. The van der Waals surface area contributed by atoms with E-state index in [4.69, 9.17) is 0 Å². The highest BCUT2D eigenvalue weighted by Gasteiger charge is 2.91. The molecule has 1 aromatic rings. The van der Waals surface area contributed by atoms with Crippen molar-refractivity contribution in [1.29, 1.82) is 0 Å². The minimum atomic E-state index is -8.05. The molecule has 0 aromatic carbocycles. The van der Waals surface area contributed by atoms with Gasteiger partial charge in [-0.1, -0.05) is 0 Å². The maximum Gasteiger partial charge on any atom is 0.460 e. The van der Waals surface area contributed by atoms with Crippen molar-refractivity contribution < 1.29 is 66.3 Å². The van der Waals surface area contributed by atoms with Crippen molar-refractivity contribution in [3.05, 3.63) is 24.2 Å². The van der Waals surface area contributed by atoms with Crippen LogP contribution >= 0.6 is 0 Å². The Hall–Kier alpha value is -2.16. The third-order valence-electron chi connectivity index (χ3n) is 3.22. The summed E-state index contributed by atoms with van der Waals surface area (Å²) in [4.78, 5) is 11.1. The zero-order valence-corrected chi connectivity index (χ0v) is 12.7. The third-order valence-corrected chi connectivity index (χ3v) is 3.22. The predicted molar refractivity (Wildman–Crippen MR) is 61.3 cm³/mol. The largest absolute Gasteiger partial charge is 0.467 e. The van der Waals surface area contributed by atoms with Crippen LogP contribution in [0.3, 0.4) is 0 Å². The highest BCUT2D eigenvalue weighted by atomic mass is 19.4. The molecule has 0 radical (unpaired) electrons. The van der Waals surface area contributed by atoms with Crippen molar-refractivity contribution in [1.82, 2.24) is 5.32 Å². The van der Waals surface area contributed by atoms with Crippen LogP contribution in [-0.4, -0.2) is 41.7 Å². The van der Waals surface area contributed by atoms with E-state index in [-0.39, 0.29) is 0 Å². The Balaban J connectivity index is 3.26. The highest BCUT2D eigenvalue weighted by molar-refractivity contribution is 5.84. The van der Waals surface area contributed by atoms with Crippen LogP contribution in [0.25, 0.3) is 0 Å². The summed E-state index contributed by atoms with van der Waals surface area (Å²) in [6.45, 7) is -1.15. The zero-order valence-electron chi connectivity index (χ0n) is 12.7. The Labute approximate surface area is 145 Å². The Bertz CT molecular complexity index is 693. The van der Waals surface area contributed by atoms with Gasteiger partial charge in [-0.2, -0.15) is 57.1 Å². The first-order valence-electron chi connectivity index (χ1n) is 6.51. The minimum absolute atomic E-state index is 0.409. The van der Waals surface area contributed by atoms with Crippen LogP contribution in [0.1, 0.15) is 5.76 Å². The fourth-order valence-electron chi connectivity index (χ4n) is 1.60. The minimum Gasteiger partial charge on any atom is -0.467 e. The molecular weight excluding hydrogens is 437 g/mol. The monoisotopic (exact) mass is 443 g/mol. The molecule has 0 saturated carbocycles. The van der Waals surface area contributed by atoms with Crippen molar-refractivity contribution in [3.63, 3.8) is 0 Å². The molecule has 0 fully saturated rings. The number of amides is 1. The Morgan fingerprint density at radius 3 is 1.64 bits per heavy atom. The SMILES string of the molecule is O=C(NCc1ccco1)C(F)(F)C(F)(F)C(F)(F)C(F)(F)C(F)(F)C(F)(F)F. The second kappa shape index (κ2) is 6.72. The molecule has 16 heteroatoms. The van der Waals surface area contributed by atoms with Gasteiger partial charge in [-0.3, -0.25) is 4.79 Å². The van der Waals surface area contributed by atoms with Crippen molar-refractivity contribution in [2.75, 3.05) is 0 Å². The molecule has 0 bridgehead atoms. The summed E-state index contributed by atoms with van der Waals surface area (Å²) in [7, 11) is 0. The van der Waals surface area contributed by atoms with E-state index in [1.54, 1.807) is 0 Å². The Kier molecular flexibility index (Phi) is 5.73. The molecule has 0 saturated heterocycles. The quantitative estimate of drug-likeness (QED) is 0.625. The van der Waals surface area contributed by atoms with E-state index in [1.165, 1.54) is 0 Å². The molecule has 1 heterocycles. The number of halogens is 13. The number of carbonyl (C=O) groups excluding carboxylic acids is 1. The molecule has 0 spiro atoms. The van der Waals surface area contributed by atoms with E-state index in [0.29, 0.717) is 0 Å². The summed E-state index contributed by atoms with van der Waals surface area (Å²) in [5, 5.41) is 0.873. The summed E-state index contributed by atoms with van der Waals surface area (Å²) >= 11 is 0. The molecule has 0 unspecified atom stereocenters. The van der Waals surface area contributed by atoms with Crippen LogP contribution in [0.5, 0.6) is 0 Å². The van der Waals surface area contributed by atoms with E-state index in [9.17, 15) is 61.9 Å². The van der Waals surface area contributed by atoms with Gasteiger partial charge in [-0.15, -0.1) is 0 Å². The molecule has 0 atom stereocenters. The fraction of sp³-hybridized carbons (Fsp3) is 0.583. The van der Waals surface area contributed by atoms with Crippen molar-refractivity contribution in [2.24, 2.45) is 0 Å².